The van der Waals surface area contributed by atoms with Crippen LogP contribution in [0.5, 0.6) is 0 Å². The number of nitrogens with zero attached hydrogens (tertiary/aromatic N) is 4. The molecule has 3 aromatic heterocycles. The van der Waals surface area contributed by atoms with Gasteiger partial charge >= 0.3 is 0 Å². The summed E-state index contributed by atoms with van der Waals surface area (Å²) in [6.45, 7) is 7.82. The predicted octanol–water partition coefficient (Wildman–Crippen LogP) is 2.10. The van der Waals surface area contributed by atoms with Gasteiger partial charge in [0.1, 0.15) is 17.9 Å². The second-order valence-electron chi connectivity index (χ2n) is 6.28. The van der Waals surface area contributed by atoms with E-state index in [0.29, 0.717) is 25.9 Å². The van der Waals surface area contributed by atoms with Crippen molar-refractivity contribution in [1.29, 1.82) is 0 Å². The van der Waals surface area contributed by atoms with E-state index in [1.807, 2.05) is 6.92 Å². The van der Waals surface area contributed by atoms with Gasteiger partial charge in [-0.15, -0.1) is 11.3 Å². The van der Waals surface area contributed by atoms with E-state index in [9.17, 15) is 0 Å². The lowest BCUT2D eigenvalue weighted by molar-refractivity contribution is -0.0379. The second-order valence-corrected chi connectivity index (χ2v) is 7.36. The molecule has 9 heteroatoms. The third kappa shape index (κ3) is 2.63. The molecule has 0 saturated carbocycles. The molecular formula is C15H20N6O2S. The van der Waals surface area contributed by atoms with Crippen LogP contribution in [-0.2, 0) is 22.5 Å². The van der Waals surface area contributed by atoms with Crippen molar-refractivity contribution < 1.29 is 9.47 Å². The number of aromatic nitrogens is 4. The van der Waals surface area contributed by atoms with Crippen molar-refractivity contribution in [2.45, 2.75) is 39.4 Å². The summed E-state index contributed by atoms with van der Waals surface area (Å²) in [5.74, 6) is 0.591. The second kappa shape index (κ2) is 5.92. The van der Waals surface area contributed by atoms with Gasteiger partial charge in [-0.25, -0.2) is 15.4 Å². The summed E-state index contributed by atoms with van der Waals surface area (Å²) >= 11 is 1.66. The monoisotopic (exact) mass is 348 g/mol. The summed E-state index contributed by atoms with van der Waals surface area (Å²) in [6, 6.07) is 0. The van der Waals surface area contributed by atoms with E-state index in [1.165, 1.54) is 10.4 Å². The van der Waals surface area contributed by atoms with Crippen molar-refractivity contribution in [1.82, 2.24) is 25.0 Å². The van der Waals surface area contributed by atoms with E-state index in [1.54, 1.807) is 22.2 Å². The highest BCUT2D eigenvalue weighted by atomic mass is 32.1. The summed E-state index contributed by atoms with van der Waals surface area (Å²) in [5, 5.41) is 5.39. The number of fused-ring (bicyclic) bond motifs is 5. The first-order valence-corrected chi connectivity index (χ1v) is 8.75. The van der Waals surface area contributed by atoms with Gasteiger partial charge in [0.2, 0.25) is 5.95 Å². The van der Waals surface area contributed by atoms with Crippen LogP contribution in [0.4, 0.5) is 5.95 Å². The van der Waals surface area contributed by atoms with Crippen LogP contribution in [-0.4, -0.2) is 38.5 Å². The largest absolute Gasteiger partial charge is 0.370 e. The highest BCUT2D eigenvalue weighted by Gasteiger charge is 2.31. The van der Waals surface area contributed by atoms with Crippen molar-refractivity contribution in [3.05, 3.63) is 16.8 Å². The molecule has 128 valence electrons. The first-order chi connectivity index (χ1) is 11.6. The van der Waals surface area contributed by atoms with Crippen LogP contribution in [0.25, 0.3) is 15.9 Å². The van der Waals surface area contributed by atoms with Crippen LogP contribution in [0, 0.1) is 0 Å². The zero-order valence-corrected chi connectivity index (χ0v) is 14.7. The van der Waals surface area contributed by atoms with Gasteiger partial charge in [0.15, 0.2) is 5.65 Å². The third-order valence-electron chi connectivity index (χ3n) is 4.03. The van der Waals surface area contributed by atoms with Gasteiger partial charge < -0.3 is 9.47 Å². The van der Waals surface area contributed by atoms with Crippen LogP contribution >= 0.6 is 11.3 Å². The first kappa shape index (κ1) is 15.7. The Kier molecular flexibility index (Phi) is 3.87. The lowest BCUT2D eigenvalue weighted by Crippen LogP contribution is -2.31. The molecule has 1 aliphatic heterocycles. The summed E-state index contributed by atoms with van der Waals surface area (Å²) in [5.41, 5.74) is 7.95. The number of hydrazine groups is 1. The fourth-order valence-corrected chi connectivity index (χ4v) is 4.01. The summed E-state index contributed by atoms with van der Waals surface area (Å²) in [6.07, 6.45) is 2.40. The number of anilines is 1. The molecule has 0 bridgehead atoms. The van der Waals surface area contributed by atoms with E-state index in [2.05, 4.69) is 34.8 Å². The third-order valence-corrected chi connectivity index (χ3v) is 5.13. The number of nitrogens with one attached hydrogen (secondary N) is 2. The molecule has 0 fully saturated rings. The smallest absolute Gasteiger partial charge is 0.242 e. The Hall–Kier alpha value is -1.81. The maximum absolute atomic E-state index is 5.93. The average molecular weight is 348 g/mol. The molecule has 0 amide bonds. The van der Waals surface area contributed by atoms with Crippen molar-refractivity contribution in [3.63, 3.8) is 0 Å². The van der Waals surface area contributed by atoms with Crippen molar-refractivity contribution in [3.8, 4) is 0 Å². The number of thiophene rings is 1. The molecule has 0 atom stereocenters. The molecular weight excluding hydrogens is 328 g/mol. The number of hydrogen-bond donors (Lipinski definition) is 2. The van der Waals surface area contributed by atoms with E-state index in [0.717, 1.165) is 22.3 Å². The Balaban J connectivity index is 1.79. The Morgan fingerprint density at radius 2 is 2.33 bits per heavy atom. The fourth-order valence-electron chi connectivity index (χ4n) is 2.91. The zero-order valence-electron chi connectivity index (χ0n) is 13.9. The van der Waals surface area contributed by atoms with Gasteiger partial charge in [0.25, 0.3) is 0 Å². The fraction of sp³-hybridized carbons (Fsp3) is 0.533. The normalized spacial score (nSPS) is 16.6. The molecule has 0 unspecified atom stereocenters. The molecule has 0 spiro atoms. The minimum Gasteiger partial charge on any atom is -0.370 e. The lowest BCUT2D eigenvalue weighted by Gasteiger charge is -2.30. The molecule has 24 heavy (non-hydrogen) atoms. The maximum Gasteiger partial charge on any atom is 0.242 e. The van der Waals surface area contributed by atoms with Gasteiger partial charge in [0.05, 0.1) is 17.6 Å². The van der Waals surface area contributed by atoms with Gasteiger partial charge in [-0.2, -0.15) is 9.61 Å². The van der Waals surface area contributed by atoms with Crippen LogP contribution in [0.2, 0.25) is 0 Å². The molecule has 2 N–H and O–H groups in total. The summed E-state index contributed by atoms with van der Waals surface area (Å²) in [7, 11) is 0. The summed E-state index contributed by atoms with van der Waals surface area (Å²) < 4.78 is 12.9. The first-order valence-electron chi connectivity index (χ1n) is 7.93. The minimum atomic E-state index is -0.173. The molecule has 8 nitrogen and oxygen atoms in total. The molecule has 1 aliphatic rings. The topological polar surface area (TPSA) is 85.6 Å². The predicted molar refractivity (Wildman–Crippen MR) is 92.0 cm³/mol. The Bertz CT molecular complexity index is 887. The minimum absolute atomic E-state index is 0.173. The van der Waals surface area contributed by atoms with Crippen LogP contribution in [0.15, 0.2) is 6.33 Å². The molecule has 0 aromatic carbocycles. The molecule has 4 heterocycles. The Morgan fingerprint density at radius 1 is 1.46 bits per heavy atom. The standard InChI is InChI=1S/C15H20N6O2S/c1-4-22-8-17-20-14-19-13-11(12-16-7-18-21(12)14)9-5-15(2,3)23-6-10(9)24-13/h7,17H,4-6,8H2,1-3H3,(H,19,20). The van der Waals surface area contributed by atoms with Crippen molar-refractivity contribution >= 4 is 33.1 Å². The highest BCUT2D eigenvalue weighted by Crippen LogP contribution is 2.40. The van der Waals surface area contributed by atoms with Gasteiger partial charge in [0, 0.05) is 17.9 Å². The van der Waals surface area contributed by atoms with Crippen molar-refractivity contribution in [2.24, 2.45) is 0 Å². The number of ether oxygens (including phenoxy) is 2. The van der Waals surface area contributed by atoms with E-state index >= 15 is 0 Å². The van der Waals surface area contributed by atoms with Crippen LogP contribution < -0.4 is 10.9 Å². The molecule has 0 radical (unpaired) electrons. The highest BCUT2D eigenvalue weighted by molar-refractivity contribution is 7.19. The lowest BCUT2D eigenvalue weighted by atomic mass is 9.94. The van der Waals surface area contributed by atoms with Crippen LogP contribution in [0.1, 0.15) is 31.2 Å². The van der Waals surface area contributed by atoms with Gasteiger partial charge in [-0.1, -0.05) is 0 Å². The SMILES string of the molecule is CCOCNNc1nc2sc3c(c2c2ncnn12)CC(C)(C)OC3. The molecule has 3 aromatic rings. The molecule has 0 saturated heterocycles. The van der Waals surface area contributed by atoms with Crippen molar-refractivity contribution in [2.75, 3.05) is 18.8 Å². The Morgan fingerprint density at radius 3 is 3.17 bits per heavy atom. The molecule has 0 aliphatic carbocycles. The van der Waals surface area contributed by atoms with Gasteiger partial charge in [-0.05, 0) is 26.3 Å². The van der Waals surface area contributed by atoms with Crippen LogP contribution in [0.3, 0.4) is 0 Å². The van der Waals surface area contributed by atoms with E-state index < -0.39 is 0 Å². The average Bonchev–Trinajstić information content (AvgIpc) is 3.14. The summed E-state index contributed by atoms with van der Waals surface area (Å²) in [4.78, 5) is 11.3. The maximum atomic E-state index is 5.93. The zero-order chi connectivity index (χ0) is 16.7. The van der Waals surface area contributed by atoms with Gasteiger partial charge in [-0.3, -0.25) is 5.43 Å². The quantitative estimate of drug-likeness (QED) is 0.415. The van der Waals surface area contributed by atoms with E-state index in [4.69, 9.17) is 14.5 Å². The number of hydrogen-bond acceptors (Lipinski definition) is 8. The number of rotatable bonds is 5. The molecule has 4 rings (SSSR count). The van der Waals surface area contributed by atoms with E-state index in [-0.39, 0.29) is 5.60 Å². The Labute approximate surface area is 143 Å².